The molecule has 0 unspecified atom stereocenters. The predicted octanol–water partition coefficient (Wildman–Crippen LogP) is 2.57. The lowest BCUT2D eigenvalue weighted by molar-refractivity contribution is -0.130. The third kappa shape index (κ3) is 6.71. The summed E-state index contributed by atoms with van der Waals surface area (Å²) in [6, 6.07) is 11.7. The third-order valence-corrected chi connectivity index (χ3v) is 4.76. The number of carbonyl (C=O) groups is 3. The molecule has 2 aromatic rings. The van der Waals surface area contributed by atoms with E-state index in [0.717, 1.165) is 37.4 Å². The van der Waals surface area contributed by atoms with Crippen molar-refractivity contribution in [2.75, 3.05) is 31.1 Å². The monoisotopic (exact) mass is 397 g/mol. The summed E-state index contributed by atoms with van der Waals surface area (Å²) in [7, 11) is 0. The molecule has 0 radical (unpaired) electrons. The van der Waals surface area contributed by atoms with Crippen LogP contribution in [0.25, 0.3) is 0 Å². The second-order valence-corrected chi connectivity index (χ2v) is 6.95. The molecule has 0 saturated carbocycles. The molecule has 7 nitrogen and oxygen atoms in total. The smallest absolute Gasteiger partial charge is 0.290 e. The highest BCUT2D eigenvalue weighted by Crippen LogP contribution is 2.16. The van der Waals surface area contributed by atoms with Gasteiger partial charge in [-0.2, -0.15) is 0 Å². The van der Waals surface area contributed by atoms with Gasteiger partial charge < -0.3 is 14.9 Å². The Balaban J connectivity index is 0.000000941. The third-order valence-electron chi connectivity index (χ3n) is 4.76. The van der Waals surface area contributed by atoms with Crippen molar-refractivity contribution in [2.45, 2.75) is 26.7 Å². The molecule has 1 saturated heterocycles. The van der Waals surface area contributed by atoms with Crippen LogP contribution in [0.15, 0.2) is 42.6 Å². The molecular weight excluding hydrogens is 370 g/mol. The number of hydrogen-bond acceptors (Lipinski definition) is 5. The van der Waals surface area contributed by atoms with Crippen molar-refractivity contribution in [1.82, 2.24) is 9.88 Å². The Hall–Kier alpha value is -3.22. The minimum atomic E-state index is -0.250. The van der Waals surface area contributed by atoms with Crippen LogP contribution in [0.2, 0.25) is 0 Å². The second kappa shape index (κ2) is 10.9. The van der Waals surface area contributed by atoms with E-state index < -0.39 is 0 Å². The van der Waals surface area contributed by atoms with Crippen LogP contribution < -0.4 is 4.90 Å². The molecule has 7 heteroatoms. The Labute approximate surface area is 171 Å². The van der Waals surface area contributed by atoms with Crippen molar-refractivity contribution in [3.05, 3.63) is 59.3 Å². The number of anilines is 1. The summed E-state index contributed by atoms with van der Waals surface area (Å²) in [5.74, 6) is 1.02. The zero-order chi connectivity index (χ0) is 21.2. The molecule has 0 spiro atoms. The van der Waals surface area contributed by atoms with E-state index in [1.165, 1.54) is 5.56 Å². The van der Waals surface area contributed by atoms with Gasteiger partial charge in [-0.25, -0.2) is 4.98 Å². The van der Waals surface area contributed by atoms with Crippen LogP contribution in [0.5, 0.6) is 0 Å². The Kier molecular flexibility index (Phi) is 8.33. The molecular formula is C22H27N3O4. The lowest BCUT2D eigenvalue weighted by Crippen LogP contribution is -2.36. The van der Waals surface area contributed by atoms with E-state index in [9.17, 15) is 9.59 Å². The van der Waals surface area contributed by atoms with E-state index in [-0.39, 0.29) is 18.2 Å². The molecule has 29 heavy (non-hydrogen) atoms. The molecule has 3 rings (SSSR count). The van der Waals surface area contributed by atoms with Gasteiger partial charge in [0.15, 0.2) is 5.78 Å². The summed E-state index contributed by atoms with van der Waals surface area (Å²) < 4.78 is 0. The van der Waals surface area contributed by atoms with Gasteiger partial charge >= 0.3 is 0 Å². The molecule has 1 N–H and O–H groups in total. The largest absolute Gasteiger partial charge is 0.483 e. The summed E-state index contributed by atoms with van der Waals surface area (Å²) >= 11 is 0. The number of aryl methyl sites for hydroxylation is 1. The fraction of sp³-hybridized carbons (Fsp3) is 0.364. The summed E-state index contributed by atoms with van der Waals surface area (Å²) in [6.07, 6.45) is 3.02. The zero-order valence-electron chi connectivity index (χ0n) is 16.9. The number of amides is 1. The first-order valence-corrected chi connectivity index (χ1v) is 9.57. The van der Waals surface area contributed by atoms with Crippen molar-refractivity contribution in [3.8, 4) is 0 Å². The SMILES string of the molecule is CC(=O)c1ccnc(N2CCCN(C(=O)Cc3cccc(C)c3)CC2)c1.O=CO. The first kappa shape index (κ1) is 22.1. The maximum absolute atomic E-state index is 12.7. The number of carbonyl (C=O) groups excluding carboxylic acids is 2. The van der Waals surface area contributed by atoms with Crippen molar-refractivity contribution in [2.24, 2.45) is 0 Å². The molecule has 0 bridgehead atoms. The number of rotatable bonds is 4. The van der Waals surface area contributed by atoms with E-state index in [2.05, 4.69) is 16.0 Å². The van der Waals surface area contributed by atoms with E-state index in [1.807, 2.05) is 36.1 Å². The molecule has 1 fully saturated rings. The fourth-order valence-corrected chi connectivity index (χ4v) is 3.31. The summed E-state index contributed by atoms with van der Waals surface area (Å²) in [5.41, 5.74) is 2.91. The highest BCUT2D eigenvalue weighted by Gasteiger charge is 2.20. The molecule has 0 aliphatic carbocycles. The van der Waals surface area contributed by atoms with E-state index >= 15 is 0 Å². The number of aromatic nitrogens is 1. The van der Waals surface area contributed by atoms with Gasteiger partial charge in [-0.1, -0.05) is 29.8 Å². The molecule has 1 aliphatic rings. The topological polar surface area (TPSA) is 90.8 Å². The van der Waals surface area contributed by atoms with Crippen LogP contribution in [0.1, 0.15) is 34.8 Å². The van der Waals surface area contributed by atoms with Gasteiger partial charge in [-0.15, -0.1) is 0 Å². The average molecular weight is 397 g/mol. The van der Waals surface area contributed by atoms with E-state index in [1.54, 1.807) is 19.2 Å². The van der Waals surface area contributed by atoms with Gasteiger partial charge in [0.25, 0.3) is 6.47 Å². The number of carboxylic acid groups (broad SMARTS) is 1. The van der Waals surface area contributed by atoms with Crippen molar-refractivity contribution in [3.63, 3.8) is 0 Å². The van der Waals surface area contributed by atoms with E-state index in [0.29, 0.717) is 18.5 Å². The Morgan fingerprint density at radius 3 is 2.59 bits per heavy atom. The maximum Gasteiger partial charge on any atom is 0.290 e. The summed E-state index contributed by atoms with van der Waals surface area (Å²) in [6.45, 7) is 6.36. The normalized spacial score (nSPS) is 13.7. The first-order valence-electron chi connectivity index (χ1n) is 9.57. The second-order valence-electron chi connectivity index (χ2n) is 6.95. The van der Waals surface area contributed by atoms with Crippen LogP contribution in [-0.4, -0.2) is 59.3 Å². The zero-order valence-corrected chi connectivity index (χ0v) is 16.9. The van der Waals surface area contributed by atoms with Gasteiger partial charge in [-0.3, -0.25) is 14.4 Å². The van der Waals surface area contributed by atoms with E-state index in [4.69, 9.17) is 9.90 Å². The first-order chi connectivity index (χ1) is 13.9. The minimum Gasteiger partial charge on any atom is -0.483 e. The number of nitrogens with zero attached hydrogens (tertiary/aromatic N) is 3. The van der Waals surface area contributed by atoms with Gasteiger partial charge in [-0.05, 0) is 38.0 Å². The molecule has 2 heterocycles. The summed E-state index contributed by atoms with van der Waals surface area (Å²) in [5, 5.41) is 6.89. The maximum atomic E-state index is 12.7. The average Bonchev–Trinajstić information content (AvgIpc) is 2.95. The Morgan fingerprint density at radius 2 is 1.90 bits per heavy atom. The molecule has 1 aromatic heterocycles. The van der Waals surface area contributed by atoms with Crippen molar-refractivity contribution < 1.29 is 19.5 Å². The minimum absolute atomic E-state index is 0.0402. The highest BCUT2D eigenvalue weighted by molar-refractivity contribution is 5.94. The van der Waals surface area contributed by atoms with Gasteiger partial charge in [0.2, 0.25) is 5.91 Å². The molecule has 154 valence electrons. The van der Waals surface area contributed by atoms with Crippen LogP contribution in [0.3, 0.4) is 0 Å². The number of benzene rings is 1. The highest BCUT2D eigenvalue weighted by atomic mass is 16.3. The number of ketones is 1. The number of pyridine rings is 1. The van der Waals surface area contributed by atoms with Crippen LogP contribution >= 0.6 is 0 Å². The standard InChI is InChI=1S/C21H25N3O2.CH2O2/c1-16-5-3-6-18(13-16)14-21(26)24-10-4-9-23(11-12-24)20-15-19(17(2)25)7-8-22-20;2-1-3/h3,5-8,13,15H,4,9-12,14H2,1-2H3;1H,(H,2,3). The van der Waals surface area contributed by atoms with Crippen LogP contribution in [0.4, 0.5) is 5.82 Å². The Morgan fingerprint density at radius 1 is 1.14 bits per heavy atom. The lowest BCUT2D eigenvalue weighted by Gasteiger charge is -2.23. The summed E-state index contributed by atoms with van der Waals surface area (Å²) in [4.78, 5) is 41.1. The number of hydrogen-bond donors (Lipinski definition) is 1. The van der Waals surface area contributed by atoms with Crippen LogP contribution in [-0.2, 0) is 16.0 Å². The van der Waals surface area contributed by atoms with Gasteiger partial charge in [0.1, 0.15) is 5.82 Å². The van der Waals surface area contributed by atoms with Crippen LogP contribution in [0, 0.1) is 6.92 Å². The van der Waals surface area contributed by atoms with Gasteiger partial charge in [0.05, 0.1) is 6.42 Å². The Bertz CT molecular complexity index is 853. The van der Waals surface area contributed by atoms with Crippen molar-refractivity contribution in [1.29, 1.82) is 0 Å². The lowest BCUT2D eigenvalue weighted by atomic mass is 10.1. The molecule has 0 atom stereocenters. The van der Waals surface area contributed by atoms with Crippen molar-refractivity contribution >= 4 is 24.0 Å². The molecule has 1 amide bonds. The van der Waals surface area contributed by atoms with Gasteiger partial charge in [0, 0.05) is 37.9 Å². The quantitative estimate of drug-likeness (QED) is 0.630. The fourth-order valence-electron chi connectivity index (χ4n) is 3.31. The predicted molar refractivity (Wildman–Crippen MR) is 111 cm³/mol. The molecule has 1 aliphatic heterocycles. The molecule has 1 aromatic carbocycles. The number of Topliss-reactive ketones (excluding diaryl/α,β-unsaturated/α-hetero) is 1.